The lowest BCUT2D eigenvalue weighted by Gasteiger charge is -2.10. The highest BCUT2D eigenvalue weighted by Crippen LogP contribution is 2.29. The number of pyridine rings is 1. The molecule has 5 heteroatoms. The minimum Gasteiger partial charge on any atom is -0.455 e. The number of amidine groups is 1. The predicted octanol–water partition coefficient (Wildman–Crippen LogP) is 2.46. The molecular weight excluding hydrogens is 254 g/mol. The highest BCUT2D eigenvalue weighted by molar-refractivity contribution is 5.97. The zero-order valence-corrected chi connectivity index (χ0v) is 10.9. The standard InChI is InChI=1S/C15H15N3O2/c16-15(18-19)14-13(5-2-8-17-14)20-12-7-6-10-3-1-4-11(10)9-12/h2,5-9,19H,1,3-4H2,(H2,16,18). The van der Waals surface area contributed by atoms with Crippen LogP contribution in [0.3, 0.4) is 0 Å². The summed E-state index contributed by atoms with van der Waals surface area (Å²) in [6, 6.07) is 9.57. The first kappa shape index (κ1) is 12.5. The Morgan fingerprint density at radius 1 is 1.25 bits per heavy atom. The maximum atomic E-state index is 8.77. The van der Waals surface area contributed by atoms with Gasteiger partial charge >= 0.3 is 0 Å². The zero-order valence-electron chi connectivity index (χ0n) is 10.9. The van der Waals surface area contributed by atoms with Gasteiger partial charge in [0.15, 0.2) is 17.3 Å². The molecule has 1 aliphatic rings. The van der Waals surface area contributed by atoms with Gasteiger partial charge in [0.25, 0.3) is 0 Å². The Labute approximate surface area is 116 Å². The van der Waals surface area contributed by atoms with E-state index < -0.39 is 0 Å². The van der Waals surface area contributed by atoms with Crippen molar-refractivity contribution in [2.45, 2.75) is 19.3 Å². The van der Waals surface area contributed by atoms with Crippen LogP contribution in [0.1, 0.15) is 23.2 Å². The second-order valence-corrected chi connectivity index (χ2v) is 4.72. The molecule has 3 N–H and O–H groups in total. The van der Waals surface area contributed by atoms with Crippen molar-refractivity contribution < 1.29 is 9.94 Å². The summed E-state index contributed by atoms with van der Waals surface area (Å²) < 4.78 is 5.82. The van der Waals surface area contributed by atoms with E-state index in [1.807, 2.05) is 12.1 Å². The number of nitrogens with two attached hydrogens (primary N) is 1. The van der Waals surface area contributed by atoms with Crippen molar-refractivity contribution in [1.82, 2.24) is 4.98 Å². The maximum absolute atomic E-state index is 8.77. The van der Waals surface area contributed by atoms with E-state index in [4.69, 9.17) is 15.7 Å². The molecule has 1 aliphatic carbocycles. The van der Waals surface area contributed by atoms with E-state index in [0.29, 0.717) is 11.4 Å². The van der Waals surface area contributed by atoms with Crippen molar-refractivity contribution in [3.63, 3.8) is 0 Å². The van der Waals surface area contributed by atoms with Crippen LogP contribution in [0.15, 0.2) is 41.7 Å². The van der Waals surface area contributed by atoms with Gasteiger partial charge in [-0.25, -0.2) is 4.98 Å². The highest BCUT2D eigenvalue weighted by Gasteiger charge is 2.14. The summed E-state index contributed by atoms with van der Waals surface area (Å²) in [5.74, 6) is 1.15. The Morgan fingerprint density at radius 3 is 2.95 bits per heavy atom. The minimum atomic E-state index is -0.0678. The molecule has 0 aliphatic heterocycles. The van der Waals surface area contributed by atoms with Crippen LogP contribution in [0, 0.1) is 0 Å². The van der Waals surface area contributed by atoms with Crippen LogP contribution in [0.4, 0.5) is 0 Å². The van der Waals surface area contributed by atoms with Gasteiger partial charge in [0, 0.05) is 6.20 Å². The Kier molecular flexibility index (Phi) is 3.25. The van der Waals surface area contributed by atoms with E-state index in [1.54, 1.807) is 18.3 Å². The van der Waals surface area contributed by atoms with E-state index in [0.717, 1.165) is 18.6 Å². The van der Waals surface area contributed by atoms with Crippen LogP contribution in [-0.2, 0) is 12.8 Å². The molecule has 0 saturated heterocycles. The fourth-order valence-corrected chi connectivity index (χ4v) is 2.45. The Morgan fingerprint density at radius 2 is 2.10 bits per heavy atom. The molecule has 0 fully saturated rings. The summed E-state index contributed by atoms with van der Waals surface area (Å²) in [7, 11) is 0. The summed E-state index contributed by atoms with van der Waals surface area (Å²) in [6.07, 6.45) is 4.99. The van der Waals surface area contributed by atoms with E-state index in [9.17, 15) is 0 Å². The molecule has 20 heavy (non-hydrogen) atoms. The second kappa shape index (κ2) is 5.21. The van der Waals surface area contributed by atoms with Gasteiger partial charge < -0.3 is 15.7 Å². The van der Waals surface area contributed by atoms with Gasteiger partial charge in [0.1, 0.15) is 5.75 Å². The number of ether oxygens (including phenoxy) is 1. The molecule has 1 aromatic carbocycles. The van der Waals surface area contributed by atoms with E-state index in [2.05, 4.69) is 16.2 Å². The summed E-state index contributed by atoms with van der Waals surface area (Å²) in [5.41, 5.74) is 8.64. The first-order chi connectivity index (χ1) is 9.78. The molecule has 0 spiro atoms. The summed E-state index contributed by atoms with van der Waals surface area (Å²) in [5, 5.41) is 11.7. The van der Waals surface area contributed by atoms with E-state index >= 15 is 0 Å². The molecule has 0 radical (unpaired) electrons. The monoisotopic (exact) mass is 269 g/mol. The zero-order chi connectivity index (χ0) is 13.9. The van der Waals surface area contributed by atoms with E-state index in [1.165, 1.54) is 17.5 Å². The average Bonchev–Trinajstić information content (AvgIpc) is 2.94. The van der Waals surface area contributed by atoms with Gasteiger partial charge in [-0.1, -0.05) is 11.2 Å². The third-order valence-corrected chi connectivity index (χ3v) is 3.42. The van der Waals surface area contributed by atoms with Crippen LogP contribution in [0.2, 0.25) is 0 Å². The fourth-order valence-electron chi connectivity index (χ4n) is 2.45. The first-order valence-electron chi connectivity index (χ1n) is 6.50. The fraction of sp³-hybridized carbons (Fsp3) is 0.200. The number of benzene rings is 1. The molecule has 3 rings (SSSR count). The number of hydrogen-bond donors (Lipinski definition) is 2. The number of hydrogen-bond acceptors (Lipinski definition) is 4. The third-order valence-electron chi connectivity index (χ3n) is 3.42. The van der Waals surface area contributed by atoms with Crippen LogP contribution >= 0.6 is 0 Å². The molecule has 0 bridgehead atoms. The van der Waals surface area contributed by atoms with E-state index in [-0.39, 0.29) is 5.84 Å². The molecule has 0 atom stereocenters. The summed E-state index contributed by atoms with van der Waals surface area (Å²) in [4.78, 5) is 4.08. The second-order valence-electron chi connectivity index (χ2n) is 4.72. The van der Waals surface area contributed by atoms with Crippen LogP contribution in [-0.4, -0.2) is 16.0 Å². The van der Waals surface area contributed by atoms with Crippen molar-refractivity contribution in [1.29, 1.82) is 0 Å². The molecule has 1 aromatic heterocycles. The quantitative estimate of drug-likeness (QED) is 0.388. The van der Waals surface area contributed by atoms with Crippen molar-refractivity contribution in [2.24, 2.45) is 10.9 Å². The topological polar surface area (TPSA) is 80.7 Å². The molecule has 2 aromatic rings. The Hall–Kier alpha value is -2.56. The lowest BCUT2D eigenvalue weighted by atomic mass is 10.1. The number of aromatic nitrogens is 1. The van der Waals surface area contributed by atoms with Gasteiger partial charge in [-0.05, 0) is 54.7 Å². The molecule has 0 unspecified atom stereocenters. The first-order valence-corrected chi connectivity index (χ1v) is 6.50. The van der Waals surface area contributed by atoms with Gasteiger partial charge in [-0.3, -0.25) is 0 Å². The number of oxime groups is 1. The Balaban J connectivity index is 1.92. The normalized spacial score (nSPS) is 14.1. The molecule has 0 saturated carbocycles. The lowest BCUT2D eigenvalue weighted by Crippen LogP contribution is -2.15. The van der Waals surface area contributed by atoms with Crippen molar-refractivity contribution in [3.8, 4) is 11.5 Å². The largest absolute Gasteiger partial charge is 0.455 e. The minimum absolute atomic E-state index is 0.0678. The van der Waals surface area contributed by atoms with Crippen LogP contribution in [0.5, 0.6) is 11.5 Å². The summed E-state index contributed by atoms with van der Waals surface area (Å²) in [6.45, 7) is 0. The number of fused-ring (bicyclic) bond motifs is 1. The van der Waals surface area contributed by atoms with Gasteiger partial charge in [0.05, 0.1) is 0 Å². The van der Waals surface area contributed by atoms with Gasteiger partial charge in [-0.15, -0.1) is 0 Å². The van der Waals surface area contributed by atoms with Crippen molar-refractivity contribution in [3.05, 3.63) is 53.3 Å². The lowest BCUT2D eigenvalue weighted by molar-refractivity contribution is 0.318. The molecule has 0 amide bonds. The average molecular weight is 269 g/mol. The highest BCUT2D eigenvalue weighted by atomic mass is 16.5. The van der Waals surface area contributed by atoms with Gasteiger partial charge in [0.2, 0.25) is 0 Å². The molecule has 102 valence electrons. The SMILES string of the molecule is N/C(=N/O)c1ncccc1Oc1ccc2c(c1)CCC2. The van der Waals surface area contributed by atoms with Crippen molar-refractivity contribution >= 4 is 5.84 Å². The Bertz CT molecular complexity index is 668. The number of rotatable bonds is 3. The molecule has 1 heterocycles. The summed E-state index contributed by atoms with van der Waals surface area (Å²) >= 11 is 0. The van der Waals surface area contributed by atoms with Crippen LogP contribution in [0.25, 0.3) is 0 Å². The number of nitrogens with zero attached hydrogens (tertiary/aromatic N) is 2. The maximum Gasteiger partial charge on any atom is 0.192 e. The third kappa shape index (κ3) is 2.30. The smallest absolute Gasteiger partial charge is 0.192 e. The molecule has 5 nitrogen and oxygen atoms in total. The van der Waals surface area contributed by atoms with Gasteiger partial charge in [-0.2, -0.15) is 0 Å². The molecular formula is C15H15N3O2. The van der Waals surface area contributed by atoms with Crippen LogP contribution < -0.4 is 10.5 Å². The predicted molar refractivity (Wildman–Crippen MR) is 75.3 cm³/mol. The van der Waals surface area contributed by atoms with Crippen molar-refractivity contribution in [2.75, 3.05) is 0 Å². The number of aryl methyl sites for hydroxylation is 2.